The Morgan fingerprint density at radius 3 is 2.58 bits per heavy atom. The van der Waals surface area contributed by atoms with Crippen LogP contribution in [0.4, 0.5) is 0 Å². The molecule has 0 aliphatic heterocycles. The number of hydrogen-bond donors (Lipinski definition) is 2. The normalized spacial score (nSPS) is 11.7. The van der Waals surface area contributed by atoms with Gasteiger partial charge in [-0.1, -0.05) is 45.2 Å². The van der Waals surface area contributed by atoms with E-state index in [1.807, 2.05) is 25.1 Å². The van der Waals surface area contributed by atoms with Gasteiger partial charge in [0, 0.05) is 38.1 Å². The molecule has 0 unspecified atom stereocenters. The molecule has 5 nitrogen and oxygen atoms in total. The van der Waals surface area contributed by atoms with E-state index < -0.39 is 15.9 Å². The second kappa shape index (κ2) is 8.60. The van der Waals surface area contributed by atoms with Gasteiger partial charge in [0.25, 0.3) is 15.9 Å². The van der Waals surface area contributed by atoms with Crippen molar-refractivity contribution in [2.45, 2.75) is 17.6 Å². The number of H-pyrrole nitrogens is 1. The van der Waals surface area contributed by atoms with Gasteiger partial charge in [-0.3, -0.25) is 4.79 Å². The van der Waals surface area contributed by atoms with Crippen LogP contribution in [0, 0.1) is 6.92 Å². The molecular formula is C21H15BrCl2N2O3S2. The number of carbonyl (C=O) groups excluding carboxylic acids is 1. The molecule has 4 rings (SSSR count). The molecule has 0 saturated carbocycles. The lowest BCUT2D eigenvalue weighted by Gasteiger charge is -2.07. The van der Waals surface area contributed by atoms with Crippen LogP contribution in [0.25, 0.3) is 10.9 Å². The largest absolute Gasteiger partial charge is 0.358 e. The number of aromatic amines is 1. The van der Waals surface area contributed by atoms with E-state index in [0.717, 1.165) is 43.5 Å². The summed E-state index contributed by atoms with van der Waals surface area (Å²) in [5.41, 5.74) is 3.97. The average molecular weight is 558 g/mol. The highest BCUT2D eigenvalue weighted by molar-refractivity contribution is 9.10. The predicted molar refractivity (Wildman–Crippen MR) is 129 cm³/mol. The second-order valence-electron chi connectivity index (χ2n) is 6.89. The highest BCUT2D eigenvalue weighted by Gasteiger charge is 2.21. The summed E-state index contributed by atoms with van der Waals surface area (Å²) in [4.78, 5) is 16.0. The van der Waals surface area contributed by atoms with Crippen molar-refractivity contribution in [3.8, 4) is 0 Å². The minimum absolute atomic E-state index is 0.0185. The number of sulfonamides is 1. The van der Waals surface area contributed by atoms with Gasteiger partial charge in [0.05, 0.1) is 4.34 Å². The van der Waals surface area contributed by atoms with E-state index in [9.17, 15) is 13.2 Å². The van der Waals surface area contributed by atoms with E-state index in [4.69, 9.17) is 23.2 Å². The van der Waals surface area contributed by atoms with Gasteiger partial charge in [-0.2, -0.15) is 0 Å². The number of thiophene rings is 1. The van der Waals surface area contributed by atoms with Crippen LogP contribution in [0.2, 0.25) is 9.36 Å². The van der Waals surface area contributed by atoms with E-state index in [1.54, 1.807) is 18.2 Å². The molecule has 0 bridgehead atoms. The van der Waals surface area contributed by atoms with Crippen LogP contribution in [-0.4, -0.2) is 19.3 Å². The maximum Gasteiger partial charge on any atom is 0.273 e. The summed E-state index contributed by atoms with van der Waals surface area (Å²) in [6, 6.07) is 13.6. The van der Waals surface area contributed by atoms with Crippen molar-refractivity contribution in [2.24, 2.45) is 0 Å². The van der Waals surface area contributed by atoms with Crippen LogP contribution in [-0.2, 0) is 16.4 Å². The Kier molecular flexibility index (Phi) is 6.20. The van der Waals surface area contributed by atoms with Crippen LogP contribution in [0.3, 0.4) is 0 Å². The minimum Gasteiger partial charge on any atom is -0.358 e. The molecule has 0 aliphatic rings. The first-order valence-electron chi connectivity index (χ1n) is 9.01. The summed E-state index contributed by atoms with van der Waals surface area (Å²) in [6.07, 6.45) is 0.564. The van der Waals surface area contributed by atoms with Crippen molar-refractivity contribution >= 4 is 77.3 Å². The van der Waals surface area contributed by atoms with Gasteiger partial charge in [-0.25, -0.2) is 13.1 Å². The molecule has 2 aromatic carbocycles. The molecule has 0 fully saturated rings. The molecule has 10 heteroatoms. The number of aryl methyl sites for hydroxylation is 1. The molecule has 1 amide bonds. The summed E-state index contributed by atoms with van der Waals surface area (Å²) in [7, 11) is -4.00. The summed E-state index contributed by atoms with van der Waals surface area (Å²) < 4.78 is 28.2. The number of aromatic nitrogens is 1. The third-order valence-corrected chi connectivity index (χ3v) is 8.70. The number of halogens is 3. The van der Waals surface area contributed by atoms with Crippen molar-refractivity contribution in [1.29, 1.82) is 0 Å². The topological polar surface area (TPSA) is 79.0 Å². The molecule has 31 heavy (non-hydrogen) atoms. The van der Waals surface area contributed by atoms with Crippen molar-refractivity contribution in [3.63, 3.8) is 0 Å². The molecule has 0 radical (unpaired) electrons. The summed E-state index contributed by atoms with van der Waals surface area (Å²) in [5.74, 6) is -0.710. The number of amides is 1. The van der Waals surface area contributed by atoms with Gasteiger partial charge < -0.3 is 4.98 Å². The Hall–Kier alpha value is -1.84. The number of rotatable bonds is 5. The Labute approximate surface area is 201 Å². The van der Waals surface area contributed by atoms with E-state index in [0.29, 0.717) is 15.8 Å². The van der Waals surface area contributed by atoms with Gasteiger partial charge in [-0.05, 0) is 60.5 Å². The first kappa shape index (κ1) is 22.4. The van der Waals surface area contributed by atoms with E-state index in [2.05, 4.69) is 25.6 Å². The maximum absolute atomic E-state index is 12.7. The number of benzene rings is 2. The zero-order valence-corrected chi connectivity index (χ0v) is 20.7. The first-order chi connectivity index (χ1) is 14.6. The molecule has 2 aromatic heterocycles. The van der Waals surface area contributed by atoms with Gasteiger partial charge >= 0.3 is 0 Å². The predicted octanol–water partition coefficient (Wildman–Crippen LogP) is 6.32. The Morgan fingerprint density at radius 2 is 1.90 bits per heavy atom. The van der Waals surface area contributed by atoms with Gasteiger partial charge in [0.1, 0.15) is 4.21 Å². The number of fused-ring (bicyclic) bond motifs is 1. The fourth-order valence-electron chi connectivity index (χ4n) is 3.28. The van der Waals surface area contributed by atoms with Gasteiger partial charge in [-0.15, -0.1) is 11.3 Å². The van der Waals surface area contributed by atoms with Crippen LogP contribution >= 0.6 is 50.5 Å². The Balaban J connectivity index is 1.67. The van der Waals surface area contributed by atoms with Gasteiger partial charge in [0.15, 0.2) is 0 Å². The summed E-state index contributed by atoms with van der Waals surface area (Å²) in [5, 5.41) is 1.47. The SMILES string of the molecule is Cc1[nH]c2ccc(C(=O)NS(=O)(=O)c3ccc(Cl)s3)cc2c1Cc1ccc(Br)cc1Cl. The molecule has 2 heterocycles. The van der Waals surface area contributed by atoms with E-state index in [1.165, 1.54) is 12.1 Å². The molecular weight excluding hydrogens is 543 g/mol. The summed E-state index contributed by atoms with van der Waals surface area (Å²) in [6.45, 7) is 1.95. The quantitative estimate of drug-likeness (QED) is 0.301. The molecule has 0 spiro atoms. The zero-order chi connectivity index (χ0) is 22.3. The van der Waals surface area contributed by atoms with Crippen molar-refractivity contribution < 1.29 is 13.2 Å². The lowest BCUT2D eigenvalue weighted by Crippen LogP contribution is -2.30. The molecule has 0 aliphatic carbocycles. The third-order valence-electron chi connectivity index (χ3n) is 4.80. The van der Waals surface area contributed by atoms with Crippen LogP contribution in [0.5, 0.6) is 0 Å². The maximum atomic E-state index is 12.7. The fourth-order valence-corrected chi connectivity index (χ4v) is 6.48. The Bertz CT molecular complexity index is 1430. The first-order valence-corrected chi connectivity index (χ1v) is 12.9. The molecule has 160 valence electrons. The molecule has 4 aromatic rings. The Morgan fingerprint density at radius 1 is 1.13 bits per heavy atom. The fraction of sp³-hybridized carbons (Fsp3) is 0.0952. The average Bonchev–Trinajstić information content (AvgIpc) is 3.27. The standard InChI is InChI=1S/C21H15BrCl2N2O3S2/c1-11-15(8-12-2-4-14(22)10-17(12)23)16-9-13(3-5-18(16)25-11)21(27)26-31(28,29)20-7-6-19(24)30-20/h2-7,9-10,25H,8H2,1H3,(H,26,27). The monoisotopic (exact) mass is 556 g/mol. The molecule has 2 N–H and O–H groups in total. The number of nitrogens with one attached hydrogen (secondary N) is 2. The highest BCUT2D eigenvalue weighted by atomic mass is 79.9. The van der Waals surface area contributed by atoms with Crippen molar-refractivity contribution in [2.75, 3.05) is 0 Å². The molecule has 0 atom stereocenters. The van der Waals surface area contributed by atoms with Crippen molar-refractivity contribution in [1.82, 2.24) is 9.71 Å². The van der Waals surface area contributed by atoms with Crippen molar-refractivity contribution in [3.05, 3.63) is 84.7 Å². The lowest BCUT2D eigenvalue weighted by molar-refractivity contribution is 0.0981. The van der Waals surface area contributed by atoms with E-state index in [-0.39, 0.29) is 9.77 Å². The smallest absolute Gasteiger partial charge is 0.273 e. The lowest BCUT2D eigenvalue weighted by atomic mass is 10.0. The minimum atomic E-state index is -4.00. The van der Waals surface area contributed by atoms with Crippen LogP contribution in [0.15, 0.2) is 57.2 Å². The zero-order valence-electron chi connectivity index (χ0n) is 16.0. The van der Waals surface area contributed by atoms with Crippen LogP contribution < -0.4 is 4.72 Å². The number of carbonyl (C=O) groups is 1. The van der Waals surface area contributed by atoms with E-state index >= 15 is 0 Å². The summed E-state index contributed by atoms with van der Waals surface area (Å²) >= 11 is 16.5. The molecule has 0 saturated heterocycles. The third kappa shape index (κ3) is 4.68. The van der Waals surface area contributed by atoms with Crippen LogP contribution in [0.1, 0.15) is 27.2 Å². The second-order valence-corrected chi connectivity index (χ2v) is 11.8. The number of hydrogen-bond acceptors (Lipinski definition) is 4. The van der Waals surface area contributed by atoms with Gasteiger partial charge in [0.2, 0.25) is 0 Å². The highest BCUT2D eigenvalue weighted by Crippen LogP contribution is 2.30.